The van der Waals surface area contributed by atoms with E-state index in [1.54, 1.807) is 0 Å². The van der Waals surface area contributed by atoms with Gasteiger partial charge in [0, 0.05) is 24.9 Å². The molecule has 0 N–H and O–H groups in total. The number of hydrogen-bond donors (Lipinski definition) is 0. The fourth-order valence-corrected chi connectivity index (χ4v) is 5.95. The Morgan fingerprint density at radius 2 is 1.81 bits per heavy atom. The molecule has 4 aliphatic heterocycles. The van der Waals surface area contributed by atoms with Crippen LogP contribution in [0, 0.1) is 23.7 Å². The molecule has 0 aromatic rings. The van der Waals surface area contributed by atoms with Crippen LogP contribution in [0.4, 0.5) is 0 Å². The Balaban J connectivity index is 1.65. The Bertz CT molecular complexity index is 528. The van der Waals surface area contributed by atoms with E-state index >= 15 is 0 Å². The van der Waals surface area contributed by atoms with Crippen molar-refractivity contribution in [3.05, 3.63) is 0 Å². The van der Waals surface area contributed by atoms with E-state index in [9.17, 15) is 0 Å². The summed E-state index contributed by atoms with van der Waals surface area (Å²) in [6, 6.07) is 0. The van der Waals surface area contributed by atoms with Crippen molar-refractivity contribution in [3.63, 3.8) is 0 Å². The Morgan fingerprint density at radius 1 is 1.00 bits per heavy atom. The summed E-state index contributed by atoms with van der Waals surface area (Å²) < 4.78 is 24.5. The number of fused-ring (bicyclic) bond motifs is 2. The summed E-state index contributed by atoms with van der Waals surface area (Å²) >= 11 is 0. The van der Waals surface area contributed by atoms with Gasteiger partial charge in [0.1, 0.15) is 0 Å². The van der Waals surface area contributed by atoms with Crippen LogP contribution in [0.2, 0.25) is 0 Å². The monoisotopic (exact) mass is 370 g/mol. The lowest BCUT2D eigenvalue weighted by Gasteiger charge is -2.64. The van der Waals surface area contributed by atoms with E-state index in [0.717, 1.165) is 19.3 Å². The van der Waals surface area contributed by atoms with Crippen molar-refractivity contribution in [2.45, 2.75) is 83.8 Å². The van der Waals surface area contributed by atoms with Crippen LogP contribution in [-0.4, -0.2) is 43.3 Å². The van der Waals surface area contributed by atoms with Gasteiger partial charge in [-0.15, -0.1) is 0 Å². The summed E-state index contributed by atoms with van der Waals surface area (Å²) in [6.45, 7) is 12.3. The third kappa shape index (κ3) is 2.68. The van der Waals surface area contributed by atoms with Gasteiger partial charge in [0.2, 0.25) is 11.6 Å². The molecule has 8 atom stereocenters. The van der Waals surface area contributed by atoms with E-state index in [0.29, 0.717) is 31.7 Å². The van der Waals surface area contributed by atoms with Crippen LogP contribution in [0.15, 0.2) is 0 Å². The Labute approximate surface area is 156 Å². The highest BCUT2D eigenvalue weighted by Gasteiger charge is 2.74. The minimum atomic E-state index is -0.872. The fourth-order valence-electron chi connectivity index (χ4n) is 5.95. The second-order valence-corrected chi connectivity index (χ2v) is 8.86. The van der Waals surface area contributed by atoms with Gasteiger partial charge in [0.25, 0.3) is 0 Å². The summed E-state index contributed by atoms with van der Waals surface area (Å²) in [5.74, 6) is -0.232. The van der Waals surface area contributed by atoms with E-state index < -0.39 is 17.2 Å². The molecule has 5 rings (SSSR count). The molecule has 4 saturated heterocycles. The Morgan fingerprint density at radius 3 is 2.58 bits per heavy atom. The van der Waals surface area contributed by atoms with Gasteiger partial charge in [0.15, 0.2) is 11.9 Å². The summed E-state index contributed by atoms with van der Waals surface area (Å²) in [7, 11) is 0. The van der Waals surface area contributed by atoms with Crippen molar-refractivity contribution in [2.24, 2.45) is 23.7 Å². The third-order valence-electron chi connectivity index (χ3n) is 7.23. The molecular formula is C20H34O6. The van der Waals surface area contributed by atoms with E-state index in [-0.39, 0.29) is 18.1 Å². The summed E-state index contributed by atoms with van der Waals surface area (Å²) in [5.41, 5.74) is -0.570. The molecule has 26 heavy (non-hydrogen) atoms. The minimum absolute atomic E-state index is 0.203. The zero-order valence-corrected chi connectivity index (χ0v) is 16.8. The molecule has 0 amide bonds. The van der Waals surface area contributed by atoms with E-state index in [4.69, 9.17) is 28.7 Å². The normalized spacial score (nSPS) is 53.2. The minimum Gasteiger partial charge on any atom is -0.379 e. The van der Waals surface area contributed by atoms with Crippen LogP contribution in [0.3, 0.4) is 0 Å². The molecule has 2 bridgehead atoms. The maximum absolute atomic E-state index is 6.52. The molecule has 5 fully saturated rings. The van der Waals surface area contributed by atoms with Gasteiger partial charge in [-0.05, 0) is 51.9 Å². The van der Waals surface area contributed by atoms with Crippen LogP contribution < -0.4 is 0 Å². The van der Waals surface area contributed by atoms with Crippen molar-refractivity contribution in [1.82, 2.24) is 0 Å². The van der Waals surface area contributed by atoms with Gasteiger partial charge in [0.05, 0.1) is 13.2 Å². The highest BCUT2D eigenvalue weighted by molar-refractivity contribution is 5.13. The molecule has 1 saturated carbocycles. The first-order valence-corrected chi connectivity index (χ1v) is 10.3. The SMILES string of the molecule is CCOCCO[C@H]1O[C@]2(C)O[C@]3(C)CC[C@H]4[C@H](C)CC[C@@H]([C@H]1C)[C@]42OO3. The predicted molar refractivity (Wildman–Crippen MR) is 93.9 cm³/mol. The molecule has 0 radical (unpaired) electrons. The molecule has 6 nitrogen and oxygen atoms in total. The van der Waals surface area contributed by atoms with Crippen LogP contribution >= 0.6 is 0 Å². The molecule has 1 spiro atoms. The molecule has 0 aromatic heterocycles. The molecule has 0 unspecified atom stereocenters. The van der Waals surface area contributed by atoms with Crippen molar-refractivity contribution in [1.29, 1.82) is 0 Å². The quantitative estimate of drug-likeness (QED) is 0.544. The van der Waals surface area contributed by atoms with Gasteiger partial charge in [-0.1, -0.05) is 13.8 Å². The molecule has 0 aromatic carbocycles. The smallest absolute Gasteiger partial charge is 0.204 e. The fraction of sp³-hybridized carbons (Fsp3) is 1.00. The van der Waals surface area contributed by atoms with Crippen molar-refractivity contribution < 1.29 is 28.7 Å². The summed E-state index contributed by atoms with van der Waals surface area (Å²) in [4.78, 5) is 12.1. The molecule has 4 heterocycles. The lowest BCUT2D eigenvalue weighted by atomic mass is 9.55. The Hall–Kier alpha value is -0.240. The van der Waals surface area contributed by atoms with Gasteiger partial charge in [-0.3, -0.25) is 0 Å². The molecular weight excluding hydrogens is 336 g/mol. The maximum atomic E-state index is 6.52. The topological polar surface area (TPSA) is 55.4 Å². The zero-order chi connectivity index (χ0) is 18.6. The van der Waals surface area contributed by atoms with E-state index in [2.05, 4.69) is 13.8 Å². The highest BCUT2D eigenvalue weighted by atomic mass is 17.3. The lowest BCUT2D eigenvalue weighted by Crippen LogP contribution is -2.76. The largest absolute Gasteiger partial charge is 0.379 e. The van der Waals surface area contributed by atoms with Crippen LogP contribution in [0.25, 0.3) is 0 Å². The summed E-state index contributed by atoms with van der Waals surface area (Å²) in [6.07, 6.45) is 3.81. The van der Waals surface area contributed by atoms with Gasteiger partial charge < -0.3 is 18.9 Å². The summed E-state index contributed by atoms with van der Waals surface area (Å²) in [5, 5.41) is 0. The molecule has 150 valence electrons. The van der Waals surface area contributed by atoms with E-state index in [1.165, 1.54) is 6.42 Å². The van der Waals surface area contributed by atoms with Crippen molar-refractivity contribution in [3.8, 4) is 0 Å². The van der Waals surface area contributed by atoms with Crippen LogP contribution in [0.1, 0.15) is 60.3 Å². The van der Waals surface area contributed by atoms with Crippen molar-refractivity contribution in [2.75, 3.05) is 19.8 Å². The number of rotatable bonds is 5. The molecule has 1 aliphatic carbocycles. The van der Waals surface area contributed by atoms with Gasteiger partial charge in [-0.25, -0.2) is 9.78 Å². The number of ether oxygens (including phenoxy) is 4. The van der Waals surface area contributed by atoms with Crippen LogP contribution in [0.5, 0.6) is 0 Å². The van der Waals surface area contributed by atoms with Gasteiger partial charge in [-0.2, -0.15) is 0 Å². The predicted octanol–water partition coefficient (Wildman–Crippen LogP) is 3.64. The number of hydrogen-bond acceptors (Lipinski definition) is 6. The van der Waals surface area contributed by atoms with E-state index in [1.807, 2.05) is 20.8 Å². The maximum Gasteiger partial charge on any atom is 0.204 e. The average Bonchev–Trinajstić information content (AvgIpc) is 2.81. The first kappa shape index (κ1) is 19.1. The zero-order valence-electron chi connectivity index (χ0n) is 16.8. The average molecular weight is 370 g/mol. The van der Waals surface area contributed by atoms with Crippen LogP contribution in [-0.2, 0) is 28.7 Å². The first-order valence-electron chi connectivity index (χ1n) is 10.3. The second kappa shape index (κ2) is 6.68. The highest BCUT2D eigenvalue weighted by Crippen LogP contribution is 2.64. The standard InChI is InChI=1S/C20H34O6/c1-6-21-11-12-22-17-14(3)16-8-7-13(2)15-9-10-18(4)24-19(5,23-17)20(15,16)26-25-18/h13-17H,6-12H2,1-5H3/t13-,14-,15+,16+,17+,18+,19-,20-/m1/s1. The first-order chi connectivity index (χ1) is 12.4. The molecule has 6 heteroatoms. The molecule has 5 aliphatic rings. The second-order valence-electron chi connectivity index (χ2n) is 8.86. The van der Waals surface area contributed by atoms with Crippen molar-refractivity contribution >= 4 is 0 Å². The Kier molecular flexibility index (Phi) is 4.90. The third-order valence-corrected chi connectivity index (χ3v) is 7.23. The lowest BCUT2D eigenvalue weighted by molar-refractivity contribution is -0.605. The van der Waals surface area contributed by atoms with Gasteiger partial charge >= 0.3 is 0 Å².